The molecule has 0 aliphatic heterocycles. The first-order valence-corrected chi connectivity index (χ1v) is 10.6. The van der Waals surface area contributed by atoms with Crippen LogP contribution in [-0.2, 0) is 13.6 Å². The fourth-order valence-corrected chi connectivity index (χ4v) is 3.73. The second-order valence-electron chi connectivity index (χ2n) is 7.89. The zero-order chi connectivity index (χ0) is 22.8. The summed E-state index contributed by atoms with van der Waals surface area (Å²) >= 11 is 0. The fourth-order valence-electron chi connectivity index (χ4n) is 3.73. The smallest absolute Gasteiger partial charge is 0.251 e. The molecule has 1 N–H and O–H groups in total. The van der Waals surface area contributed by atoms with Crippen molar-refractivity contribution in [2.24, 2.45) is 7.05 Å². The molecule has 7 heteroatoms. The van der Waals surface area contributed by atoms with Crippen molar-refractivity contribution >= 4 is 11.6 Å². The Hall–Kier alpha value is -4.39. The highest BCUT2D eigenvalue weighted by Crippen LogP contribution is 2.29. The van der Waals surface area contributed by atoms with Crippen LogP contribution in [0.5, 0.6) is 11.5 Å². The molecule has 0 unspecified atom stereocenters. The first-order valence-electron chi connectivity index (χ1n) is 10.6. The number of hydrogen-bond donors (Lipinski definition) is 1. The van der Waals surface area contributed by atoms with Gasteiger partial charge in [0.2, 0.25) is 0 Å². The van der Waals surface area contributed by atoms with Crippen molar-refractivity contribution in [1.82, 2.24) is 24.3 Å². The van der Waals surface area contributed by atoms with Crippen LogP contribution in [0.2, 0.25) is 0 Å². The highest BCUT2D eigenvalue weighted by atomic mass is 16.5. The van der Waals surface area contributed by atoms with Crippen molar-refractivity contribution in [3.8, 4) is 22.8 Å². The van der Waals surface area contributed by atoms with Crippen LogP contribution in [0.3, 0.4) is 0 Å². The average molecular weight is 438 g/mol. The summed E-state index contributed by atoms with van der Waals surface area (Å²) in [5.74, 6) is 1.15. The van der Waals surface area contributed by atoms with Gasteiger partial charge in [0.1, 0.15) is 17.1 Å². The highest BCUT2D eigenvalue weighted by Gasteiger charge is 2.14. The molecule has 5 rings (SSSR count). The number of hydrogen-bond acceptors (Lipinski definition) is 4. The number of nitrogens with zero attached hydrogens (tertiary/aromatic N) is 4. The van der Waals surface area contributed by atoms with Crippen LogP contribution in [0, 0.1) is 6.92 Å². The Morgan fingerprint density at radius 1 is 1.03 bits per heavy atom. The van der Waals surface area contributed by atoms with Crippen LogP contribution in [0.4, 0.5) is 0 Å². The van der Waals surface area contributed by atoms with Gasteiger partial charge in [0.05, 0.1) is 5.69 Å². The van der Waals surface area contributed by atoms with Gasteiger partial charge < -0.3 is 19.0 Å². The second-order valence-corrected chi connectivity index (χ2v) is 7.89. The van der Waals surface area contributed by atoms with Gasteiger partial charge in [0.15, 0.2) is 0 Å². The number of benzene rings is 1. The maximum Gasteiger partial charge on any atom is 0.251 e. The van der Waals surface area contributed by atoms with Gasteiger partial charge in [0, 0.05) is 73.5 Å². The van der Waals surface area contributed by atoms with Gasteiger partial charge in [-0.25, -0.2) is 4.98 Å². The molecule has 0 spiro atoms. The van der Waals surface area contributed by atoms with E-state index in [9.17, 15) is 4.79 Å². The number of carbonyl (C=O) groups excluding carboxylic acids is 1. The predicted octanol–water partition coefficient (Wildman–Crippen LogP) is 4.77. The summed E-state index contributed by atoms with van der Waals surface area (Å²) < 4.78 is 10.0. The second kappa shape index (κ2) is 8.63. The zero-order valence-corrected chi connectivity index (χ0v) is 18.4. The molecule has 0 aliphatic carbocycles. The Bertz CT molecular complexity index is 1450. The Balaban J connectivity index is 1.31. The summed E-state index contributed by atoms with van der Waals surface area (Å²) in [4.78, 5) is 21.6. The van der Waals surface area contributed by atoms with Gasteiger partial charge in [0.25, 0.3) is 5.91 Å². The molecule has 4 aromatic heterocycles. The highest BCUT2D eigenvalue weighted by molar-refractivity contribution is 5.96. The molecule has 0 saturated heterocycles. The monoisotopic (exact) mass is 437 g/mol. The van der Waals surface area contributed by atoms with Gasteiger partial charge in [-0.2, -0.15) is 0 Å². The summed E-state index contributed by atoms with van der Waals surface area (Å²) in [6.07, 6.45) is 11.3. The lowest BCUT2D eigenvalue weighted by atomic mass is 10.1. The fraction of sp³-hybridized carbons (Fsp3) is 0.115. The van der Waals surface area contributed by atoms with E-state index in [1.165, 1.54) is 0 Å². The maximum absolute atomic E-state index is 12.9. The summed E-state index contributed by atoms with van der Waals surface area (Å²) in [5.41, 5.74) is 5.06. The predicted molar refractivity (Wildman–Crippen MR) is 126 cm³/mol. The molecule has 33 heavy (non-hydrogen) atoms. The van der Waals surface area contributed by atoms with E-state index in [4.69, 9.17) is 4.74 Å². The Morgan fingerprint density at radius 2 is 1.94 bits per heavy atom. The third-order valence-electron chi connectivity index (χ3n) is 5.52. The molecular formula is C26H23N5O2. The van der Waals surface area contributed by atoms with Crippen LogP contribution >= 0.6 is 0 Å². The number of nitrogens with one attached hydrogen (secondary N) is 1. The quantitative estimate of drug-likeness (QED) is 0.415. The normalized spacial score (nSPS) is 11.0. The Kier molecular flexibility index (Phi) is 5.36. The molecule has 4 heterocycles. The van der Waals surface area contributed by atoms with Crippen molar-refractivity contribution in [3.05, 3.63) is 102 Å². The van der Waals surface area contributed by atoms with Crippen LogP contribution in [0.25, 0.3) is 16.9 Å². The van der Waals surface area contributed by atoms with Gasteiger partial charge in [-0.05, 0) is 42.8 Å². The zero-order valence-electron chi connectivity index (χ0n) is 18.4. The summed E-state index contributed by atoms with van der Waals surface area (Å²) in [6, 6.07) is 15.1. The van der Waals surface area contributed by atoms with E-state index in [1.54, 1.807) is 18.5 Å². The molecule has 1 aromatic carbocycles. The molecule has 1 amide bonds. The molecule has 7 nitrogen and oxygen atoms in total. The lowest BCUT2D eigenvalue weighted by Gasteiger charge is -2.13. The third-order valence-corrected chi connectivity index (χ3v) is 5.52. The van der Waals surface area contributed by atoms with Crippen LogP contribution in [0.15, 0.2) is 85.7 Å². The number of ether oxygens (including phenoxy) is 1. The number of aryl methyl sites for hydroxylation is 1. The van der Waals surface area contributed by atoms with Crippen molar-refractivity contribution < 1.29 is 9.53 Å². The molecule has 0 fully saturated rings. The molecule has 0 atom stereocenters. The topological polar surface area (TPSA) is 73.5 Å². The van der Waals surface area contributed by atoms with E-state index in [0.717, 1.165) is 28.0 Å². The molecule has 0 aliphatic rings. The number of fused-ring (bicyclic) bond motifs is 1. The number of imidazole rings is 1. The minimum Gasteiger partial charge on any atom is -0.457 e. The summed E-state index contributed by atoms with van der Waals surface area (Å²) in [5, 5.41) is 3.00. The number of carbonyl (C=O) groups is 1. The first-order chi connectivity index (χ1) is 16.1. The van der Waals surface area contributed by atoms with Crippen molar-refractivity contribution in [2.45, 2.75) is 13.5 Å². The van der Waals surface area contributed by atoms with E-state index in [-0.39, 0.29) is 5.91 Å². The number of pyridine rings is 2. The van der Waals surface area contributed by atoms with Gasteiger partial charge in [-0.1, -0.05) is 12.1 Å². The van der Waals surface area contributed by atoms with Gasteiger partial charge in [-0.3, -0.25) is 9.78 Å². The number of rotatable bonds is 6. The van der Waals surface area contributed by atoms with E-state index in [0.29, 0.717) is 23.6 Å². The van der Waals surface area contributed by atoms with E-state index < -0.39 is 0 Å². The van der Waals surface area contributed by atoms with Crippen LogP contribution < -0.4 is 10.1 Å². The number of amides is 1. The maximum atomic E-state index is 12.9. The van der Waals surface area contributed by atoms with Crippen molar-refractivity contribution in [1.29, 1.82) is 0 Å². The van der Waals surface area contributed by atoms with Gasteiger partial charge in [-0.15, -0.1) is 0 Å². The standard InChI is InChI=1S/C26H23N5O2/c1-18-22(26(32)29-15-19-6-7-25-28-11-13-31(25)16-19)4-3-5-24(18)33-21-8-10-27-23(14-21)20-9-12-30(2)17-20/h3-14,16-17H,15H2,1-2H3,(H,29,32). The molecule has 0 bridgehead atoms. The van der Waals surface area contributed by atoms with E-state index in [1.807, 2.05) is 90.2 Å². The first kappa shape index (κ1) is 20.5. The molecule has 5 aromatic rings. The minimum atomic E-state index is -0.150. The molecule has 0 radical (unpaired) electrons. The third kappa shape index (κ3) is 4.34. The number of aromatic nitrogens is 4. The average Bonchev–Trinajstić information content (AvgIpc) is 3.47. The van der Waals surface area contributed by atoms with Crippen molar-refractivity contribution in [3.63, 3.8) is 0 Å². The lowest BCUT2D eigenvalue weighted by molar-refractivity contribution is 0.0950. The SMILES string of the molecule is Cc1c(Oc2ccnc(-c3ccn(C)c3)c2)cccc1C(=O)NCc1ccc2nccn2c1. The molecule has 0 saturated carbocycles. The minimum absolute atomic E-state index is 0.150. The van der Waals surface area contributed by atoms with Crippen LogP contribution in [0.1, 0.15) is 21.5 Å². The molecule has 164 valence electrons. The van der Waals surface area contributed by atoms with E-state index >= 15 is 0 Å². The Labute approximate surface area is 191 Å². The van der Waals surface area contributed by atoms with E-state index in [2.05, 4.69) is 15.3 Å². The summed E-state index contributed by atoms with van der Waals surface area (Å²) in [7, 11) is 1.97. The lowest BCUT2D eigenvalue weighted by Crippen LogP contribution is -2.23. The Morgan fingerprint density at radius 3 is 2.79 bits per heavy atom. The van der Waals surface area contributed by atoms with Crippen molar-refractivity contribution in [2.75, 3.05) is 0 Å². The summed E-state index contributed by atoms with van der Waals surface area (Å²) in [6.45, 7) is 2.31. The van der Waals surface area contributed by atoms with Gasteiger partial charge >= 0.3 is 0 Å². The largest absolute Gasteiger partial charge is 0.457 e. The van der Waals surface area contributed by atoms with Crippen LogP contribution in [-0.4, -0.2) is 24.8 Å². The molecular weight excluding hydrogens is 414 g/mol.